The average molecular weight is 296 g/mol. The van der Waals surface area contributed by atoms with E-state index in [4.69, 9.17) is 9.84 Å². The minimum Gasteiger partial charge on any atom is -0.481 e. The first-order valence-corrected chi connectivity index (χ1v) is 7.97. The Kier molecular flexibility index (Phi) is 4.06. The number of hydrogen-bond acceptors (Lipinski definition) is 3. The van der Waals surface area contributed by atoms with E-state index in [0.29, 0.717) is 6.61 Å². The van der Waals surface area contributed by atoms with Gasteiger partial charge in [0.1, 0.15) is 0 Å². The highest BCUT2D eigenvalue weighted by Crippen LogP contribution is 2.40. The van der Waals surface area contributed by atoms with Crippen LogP contribution in [0, 0.1) is 5.92 Å². The Labute approximate surface area is 124 Å². The monoisotopic (exact) mass is 296 g/mol. The molecule has 0 aromatic rings. The number of nitrogens with zero attached hydrogens (tertiary/aromatic N) is 1. The molecule has 6 nitrogen and oxygen atoms in total. The smallest absolute Gasteiger partial charge is 0.318 e. The lowest BCUT2D eigenvalue weighted by Crippen LogP contribution is -2.54. The molecular formula is C15H24N2O4. The molecule has 3 heterocycles. The molecule has 3 saturated heterocycles. The van der Waals surface area contributed by atoms with Crippen LogP contribution in [0.3, 0.4) is 0 Å². The number of carboxylic acids is 1. The van der Waals surface area contributed by atoms with Gasteiger partial charge in [0.25, 0.3) is 0 Å². The molecular weight excluding hydrogens is 272 g/mol. The van der Waals surface area contributed by atoms with Gasteiger partial charge in [-0.15, -0.1) is 0 Å². The fourth-order valence-electron chi connectivity index (χ4n) is 4.19. The molecule has 0 radical (unpaired) electrons. The second-order valence-electron chi connectivity index (χ2n) is 6.65. The highest BCUT2D eigenvalue weighted by molar-refractivity contribution is 5.76. The maximum atomic E-state index is 12.5. The summed E-state index contributed by atoms with van der Waals surface area (Å²) in [6.45, 7) is 2.70. The van der Waals surface area contributed by atoms with Gasteiger partial charge < -0.3 is 20.1 Å². The van der Waals surface area contributed by atoms with Crippen LogP contribution in [0.5, 0.6) is 0 Å². The maximum absolute atomic E-state index is 12.5. The molecule has 0 aromatic heterocycles. The Bertz CT molecular complexity index is 414. The minimum atomic E-state index is -0.728. The highest BCUT2D eigenvalue weighted by Gasteiger charge is 2.44. The molecule has 6 heteroatoms. The molecule has 4 unspecified atom stereocenters. The largest absolute Gasteiger partial charge is 0.481 e. The standard InChI is InChI=1S/C15H24N2O4/c1-9-13(4-5-21-9)16-15(20)17-11-2-3-12(17)7-10(6-11)8-14(18)19/h9-13H,2-8H2,1H3,(H,16,20)(H,18,19). The van der Waals surface area contributed by atoms with Crippen LogP contribution in [-0.4, -0.2) is 52.8 Å². The zero-order valence-corrected chi connectivity index (χ0v) is 12.5. The summed E-state index contributed by atoms with van der Waals surface area (Å²) in [5.41, 5.74) is 0. The lowest BCUT2D eigenvalue weighted by molar-refractivity contribution is -0.138. The number of fused-ring (bicyclic) bond motifs is 2. The molecule has 2 N–H and O–H groups in total. The number of carbonyl (C=O) groups is 2. The third-order valence-corrected chi connectivity index (χ3v) is 5.21. The minimum absolute atomic E-state index is 0.0126. The van der Waals surface area contributed by atoms with Crippen molar-refractivity contribution in [3.63, 3.8) is 0 Å². The van der Waals surface area contributed by atoms with Gasteiger partial charge in [0.05, 0.1) is 12.1 Å². The topological polar surface area (TPSA) is 78.9 Å². The summed E-state index contributed by atoms with van der Waals surface area (Å²) in [6, 6.07) is 0.545. The van der Waals surface area contributed by atoms with Gasteiger partial charge in [-0.3, -0.25) is 4.79 Å². The molecule has 3 aliphatic rings. The van der Waals surface area contributed by atoms with Crippen molar-refractivity contribution in [3.8, 4) is 0 Å². The summed E-state index contributed by atoms with van der Waals surface area (Å²) in [5, 5.41) is 12.0. The fraction of sp³-hybridized carbons (Fsp3) is 0.867. The molecule has 21 heavy (non-hydrogen) atoms. The van der Waals surface area contributed by atoms with E-state index in [2.05, 4.69) is 5.32 Å². The first-order valence-electron chi connectivity index (χ1n) is 7.97. The number of carbonyl (C=O) groups excluding carboxylic acids is 1. The number of urea groups is 1. The number of carboxylic acid groups (broad SMARTS) is 1. The fourth-order valence-corrected chi connectivity index (χ4v) is 4.19. The van der Waals surface area contributed by atoms with Crippen molar-refractivity contribution in [2.24, 2.45) is 5.92 Å². The Morgan fingerprint density at radius 2 is 1.90 bits per heavy atom. The Morgan fingerprint density at radius 3 is 2.43 bits per heavy atom. The second-order valence-corrected chi connectivity index (χ2v) is 6.65. The van der Waals surface area contributed by atoms with Gasteiger partial charge in [-0.05, 0) is 44.9 Å². The summed E-state index contributed by atoms with van der Waals surface area (Å²) in [5.74, 6) is -0.507. The molecule has 3 fully saturated rings. The molecule has 3 rings (SSSR count). The van der Waals surface area contributed by atoms with Crippen molar-refractivity contribution < 1.29 is 19.4 Å². The first-order chi connectivity index (χ1) is 10.0. The van der Waals surface area contributed by atoms with E-state index in [1.165, 1.54) is 0 Å². The molecule has 0 saturated carbocycles. The predicted octanol–water partition coefficient (Wildman–Crippen LogP) is 1.59. The molecule has 2 bridgehead atoms. The van der Waals surface area contributed by atoms with E-state index in [1.807, 2.05) is 11.8 Å². The van der Waals surface area contributed by atoms with Gasteiger partial charge in [0.2, 0.25) is 0 Å². The van der Waals surface area contributed by atoms with E-state index in [1.54, 1.807) is 0 Å². The van der Waals surface area contributed by atoms with Crippen LogP contribution < -0.4 is 5.32 Å². The summed E-state index contributed by atoms with van der Waals surface area (Å²) in [4.78, 5) is 25.4. The Balaban J connectivity index is 1.59. The molecule has 0 aliphatic carbocycles. The lowest BCUT2D eigenvalue weighted by Gasteiger charge is -2.39. The molecule has 2 amide bonds. The molecule has 0 aromatic carbocycles. The molecule has 4 atom stereocenters. The van der Waals surface area contributed by atoms with Crippen molar-refractivity contribution in [1.82, 2.24) is 10.2 Å². The molecule has 118 valence electrons. The number of hydrogen-bond donors (Lipinski definition) is 2. The van der Waals surface area contributed by atoms with E-state index >= 15 is 0 Å². The number of amides is 2. The Hall–Kier alpha value is -1.30. The number of piperidine rings is 1. The van der Waals surface area contributed by atoms with Crippen molar-refractivity contribution in [2.75, 3.05) is 6.61 Å². The summed E-state index contributed by atoms with van der Waals surface area (Å²) in [7, 11) is 0. The van der Waals surface area contributed by atoms with E-state index in [-0.39, 0.29) is 42.6 Å². The van der Waals surface area contributed by atoms with Crippen LogP contribution in [0.1, 0.15) is 45.4 Å². The van der Waals surface area contributed by atoms with Gasteiger partial charge in [0, 0.05) is 25.1 Å². The second kappa shape index (κ2) is 5.83. The number of rotatable bonds is 3. The van der Waals surface area contributed by atoms with Crippen molar-refractivity contribution in [2.45, 2.75) is 69.7 Å². The van der Waals surface area contributed by atoms with Gasteiger partial charge in [0.15, 0.2) is 0 Å². The van der Waals surface area contributed by atoms with Crippen LogP contribution in [0.2, 0.25) is 0 Å². The zero-order chi connectivity index (χ0) is 15.0. The Morgan fingerprint density at radius 1 is 1.24 bits per heavy atom. The lowest BCUT2D eigenvalue weighted by atomic mass is 9.88. The summed E-state index contributed by atoms with van der Waals surface area (Å²) >= 11 is 0. The van der Waals surface area contributed by atoms with Crippen molar-refractivity contribution in [1.29, 1.82) is 0 Å². The number of ether oxygens (including phenoxy) is 1. The third-order valence-electron chi connectivity index (χ3n) is 5.21. The SMILES string of the molecule is CC1OCCC1NC(=O)N1C2CCC1CC(CC(=O)O)C2. The molecule has 3 aliphatic heterocycles. The van der Waals surface area contributed by atoms with E-state index in [9.17, 15) is 9.59 Å². The number of aliphatic carboxylic acids is 1. The predicted molar refractivity (Wildman–Crippen MR) is 76.0 cm³/mol. The summed E-state index contributed by atoms with van der Waals surface area (Å²) in [6.07, 6.45) is 4.85. The quantitative estimate of drug-likeness (QED) is 0.829. The maximum Gasteiger partial charge on any atom is 0.318 e. The van der Waals surface area contributed by atoms with Gasteiger partial charge in [-0.2, -0.15) is 0 Å². The van der Waals surface area contributed by atoms with Crippen LogP contribution in [-0.2, 0) is 9.53 Å². The van der Waals surface area contributed by atoms with Crippen LogP contribution >= 0.6 is 0 Å². The van der Waals surface area contributed by atoms with Crippen molar-refractivity contribution in [3.05, 3.63) is 0 Å². The van der Waals surface area contributed by atoms with Gasteiger partial charge in [-0.1, -0.05) is 0 Å². The molecule has 0 spiro atoms. The van der Waals surface area contributed by atoms with Gasteiger partial charge >= 0.3 is 12.0 Å². The number of nitrogens with one attached hydrogen (secondary N) is 1. The first kappa shape index (κ1) is 14.6. The van der Waals surface area contributed by atoms with Crippen LogP contribution in [0.4, 0.5) is 4.79 Å². The summed E-state index contributed by atoms with van der Waals surface area (Å²) < 4.78 is 5.49. The zero-order valence-electron chi connectivity index (χ0n) is 12.5. The van der Waals surface area contributed by atoms with Crippen molar-refractivity contribution >= 4 is 12.0 Å². The van der Waals surface area contributed by atoms with Gasteiger partial charge in [-0.25, -0.2) is 4.79 Å². The average Bonchev–Trinajstić information content (AvgIpc) is 2.91. The van der Waals surface area contributed by atoms with E-state index < -0.39 is 5.97 Å². The van der Waals surface area contributed by atoms with Crippen LogP contribution in [0.25, 0.3) is 0 Å². The normalized spacial score (nSPS) is 38.5. The van der Waals surface area contributed by atoms with E-state index in [0.717, 1.165) is 32.1 Å². The highest BCUT2D eigenvalue weighted by atomic mass is 16.5. The third kappa shape index (κ3) is 3.00. The van der Waals surface area contributed by atoms with Crippen LogP contribution in [0.15, 0.2) is 0 Å².